The summed E-state index contributed by atoms with van der Waals surface area (Å²) in [6.45, 7) is 2.22. The summed E-state index contributed by atoms with van der Waals surface area (Å²) in [6, 6.07) is 7.33. The Morgan fingerprint density at radius 2 is 1.94 bits per heavy atom. The Labute approximate surface area is 96.6 Å². The van der Waals surface area contributed by atoms with Crippen LogP contribution in [0.1, 0.15) is 32.6 Å². The predicted molar refractivity (Wildman–Crippen MR) is 66.8 cm³/mol. The second-order valence-electron chi connectivity index (χ2n) is 4.89. The summed E-state index contributed by atoms with van der Waals surface area (Å²) < 4.78 is 0. The fraction of sp³-hybridized carbons (Fsp3) is 0.500. The second-order valence-corrected chi connectivity index (χ2v) is 4.89. The number of anilines is 1. The van der Waals surface area contributed by atoms with Crippen LogP contribution in [0.2, 0.25) is 0 Å². The summed E-state index contributed by atoms with van der Waals surface area (Å²) in [5.41, 5.74) is 1.67. The van der Waals surface area contributed by atoms with Crippen LogP contribution in [0.5, 0.6) is 0 Å². The molecule has 3 nitrogen and oxygen atoms in total. The molecule has 0 saturated heterocycles. The van der Waals surface area contributed by atoms with Gasteiger partial charge < -0.3 is 15.4 Å². The molecule has 4 heteroatoms. The number of rotatable bonds is 3. The van der Waals surface area contributed by atoms with Gasteiger partial charge in [0.15, 0.2) is 0 Å². The number of benzene rings is 1. The minimum atomic E-state index is -1.39. The van der Waals surface area contributed by atoms with Gasteiger partial charge in [0.25, 0.3) is 0 Å². The average Bonchev–Trinajstić information content (AvgIpc) is 2.65. The van der Waals surface area contributed by atoms with Crippen molar-refractivity contribution in [3.8, 4) is 0 Å². The number of hydrogen-bond acceptors (Lipinski definition) is 3. The van der Waals surface area contributed by atoms with Crippen LogP contribution < -0.4 is 10.8 Å². The maximum absolute atomic E-state index is 9.10. The van der Waals surface area contributed by atoms with Crippen LogP contribution in [0.4, 0.5) is 5.69 Å². The summed E-state index contributed by atoms with van der Waals surface area (Å²) in [7, 11) is -1.39. The molecule has 0 unspecified atom stereocenters. The van der Waals surface area contributed by atoms with Crippen LogP contribution in [0.3, 0.4) is 0 Å². The first kappa shape index (κ1) is 11.5. The zero-order valence-corrected chi connectivity index (χ0v) is 9.61. The molecule has 0 aliphatic heterocycles. The Morgan fingerprint density at radius 3 is 2.56 bits per heavy atom. The number of nitrogens with one attached hydrogen (secondary N) is 1. The van der Waals surface area contributed by atoms with Crippen molar-refractivity contribution < 1.29 is 10.0 Å². The van der Waals surface area contributed by atoms with E-state index in [0.717, 1.165) is 5.69 Å². The van der Waals surface area contributed by atoms with Gasteiger partial charge >= 0.3 is 7.12 Å². The molecule has 0 bridgehead atoms. The van der Waals surface area contributed by atoms with Gasteiger partial charge in [-0.1, -0.05) is 25.0 Å². The molecule has 1 fully saturated rings. The molecule has 0 spiro atoms. The van der Waals surface area contributed by atoms with Crippen molar-refractivity contribution in [1.82, 2.24) is 0 Å². The maximum atomic E-state index is 9.10. The highest BCUT2D eigenvalue weighted by Crippen LogP contribution is 2.32. The predicted octanol–water partition coefficient (Wildman–Crippen LogP) is 1.11. The summed E-state index contributed by atoms with van der Waals surface area (Å²) in [6.07, 6.45) is 4.90. The van der Waals surface area contributed by atoms with Gasteiger partial charge in [0.1, 0.15) is 0 Å². The Kier molecular flexibility index (Phi) is 3.21. The molecule has 2 rings (SSSR count). The highest BCUT2D eigenvalue weighted by molar-refractivity contribution is 6.58. The zero-order chi connectivity index (χ0) is 11.6. The van der Waals surface area contributed by atoms with Gasteiger partial charge in [0.05, 0.1) is 0 Å². The van der Waals surface area contributed by atoms with Crippen LogP contribution in [0.25, 0.3) is 0 Å². The van der Waals surface area contributed by atoms with E-state index in [2.05, 4.69) is 12.2 Å². The van der Waals surface area contributed by atoms with E-state index in [1.54, 1.807) is 12.1 Å². The molecule has 1 aliphatic carbocycles. The van der Waals surface area contributed by atoms with Gasteiger partial charge in [-0.15, -0.1) is 0 Å². The molecular formula is C12H18BNO2. The van der Waals surface area contributed by atoms with E-state index in [1.807, 2.05) is 12.1 Å². The lowest BCUT2D eigenvalue weighted by Gasteiger charge is -2.27. The fourth-order valence-corrected chi connectivity index (χ4v) is 2.41. The highest BCUT2D eigenvalue weighted by atomic mass is 16.4. The SMILES string of the molecule is CC1(Nc2cccc(B(O)O)c2)CCCC1. The third-order valence-electron chi connectivity index (χ3n) is 3.34. The molecule has 0 aromatic heterocycles. The van der Waals surface area contributed by atoms with Gasteiger partial charge in [-0.25, -0.2) is 0 Å². The lowest BCUT2D eigenvalue weighted by molar-refractivity contribution is 0.425. The third-order valence-corrected chi connectivity index (χ3v) is 3.34. The lowest BCUT2D eigenvalue weighted by atomic mass is 9.80. The zero-order valence-electron chi connectivity index (χ0n) is 9.61. The minimum Gasteiger partial charge on any atom is -0.423 e. The third kappa shape index (κ3) is 2.57. The van der Waals surface area contributed by atoms with E-state index >= 15 is 0 Å². The smallest absolute Gasteiger partial charge is 0.423 e. The second kappa shape index (κ2) is 4.48. The van der Waals surface area contributed by atoms with E-state index in [9.17, 15) is 0 Å². The first-order valence-corrected chi connectivity index (χ1v) is 5.83. The van der Waals surface area contributed by atoms with Crippen molar-refractivity contribution in [2.45, 2.75) is 38.1 Å². The summed E-state index contributed by atoms with van der Waals surface area (Å²) >= 11 is 0. The van der Waals surface area contributed by atoms with Crippen molar-refractivity contribution in [2.75, 3.05) is 5.32 Å². The fourth-order valence-electron chi connectivity index (χ4n) is 2.41. The van der Waals surface area contributed by atoms with Crippen molar-refractivity contribution in [2.24, 2.45) is 0 Å². The van der Waals surface area contributed by atoms with Crippen molar-refractivity contribution in [3.05, 3.63) is 24.3 Å². The molecular weight excluding hydrogens is 201 g/mol. The van der Waals surface area contributed by atoms with Gasteiger partial charge in [-0.05, 0) is 37.4 Å². The number of hydrogen-bond donors (Lipinski definition) is 3. The van der Waals surface area contributed by atoms with Crippen LogP contribution in [0.15, 0.2) is 24.3 Å². The van der Waals surface area contributed by atoms with Gasteiger partial charge in [0, 0.05) is 11.2 Å². The molecule has 16 heavy (non-hydrogen) atoms. The Bertz CT molecular complexity index is 362. The Morgan fingerprint density at radius 1 is 1.25 bits per heavy atom. The summed E-state index contributed by atoms with van der Waals surface area (Å²) in [5, 5.41) is 21.7. The van der Waals surface area contributed by atoms with Crippen LogP contribution >= 0.6 is 0 Å². The molecule has 3 N–H and O–H groups in total. The maximum Gasteiger partial charge on any atom is 0.488 e. The normalized spacial score (nSPS) is 18.4. The average molecular weight is 219 g/mol. The largest absolute Gasteiger partial charge is 0.488 e. The van der Waals surface area contributed by atoms with E-state index < -0.39 is 7.12 Å². The molecule has 0 radical (unpaired) electrons. The van der Waals surface area contributed by atoms with Gasteiger partial charge in [-0.2, -0.15) is 0 Å². The first-order valence-electron chi connectivity index (χ1n) is 5.83. The standard InChI is InChI=1S/C12H18BNO2/c1-12(7-2-3-8-12)14-11-6-4-5-10(9-11)13(15)16/h4-6,9,14-16H,2-3,7-8H2,1H3. The topological polar surface area (TPSA) is 52.5 Å². The van der Waals surface area contributed by atoms with Crippen molar-refractivity contribution in [3.63, 3.8) is 0 Å². The van der Waals surface area contributed by atoms with Crippen LogP contribution in [0, 0.1) is 0 Å². The van der Waals surface area contributed by atoms with Gasteiger partial charge in [-0.3, -0.25) is 0 Å². The van der Waals surface area contributed by atoms with E-state index in [0.29, 0.717) is 5.46 Å². The van der Waals surface area contributed by atoms with E-state index in [-0.39, 0.29) is 5.54 Å². The molecule has 0 heterocycles. The molecule has 1 saturated carbocycles. The molecule has 1 aromatic carbocycles. The van der Waals surface area contributed by atoms with E-state index in [1.165, 1.54) is 25.7 Å². The highest BCUT2D eigenvalue weighted by Gasteiger charge is 2.28. The van der Waals surface area contributed by atoms with Gasteiger partial charge in [0.2, 0.25) is 0 Å². The van der Waals surface area contributed by atoms with E-state index in [4.69, 9.17) is 10.0 Å². The molecule has 0 atom stereocenters. The minimum absolute atomic E-state index is 0.166. The monoisotopic (exact) mass is 219 g/mol. The van der Waals surface area contributed by atoms with Crippen molar-refractivity contribution >= 4 is 18.3 Å². The van der Waals surface area contributed by atoms with Crippen molar-refractivity contribution in [1.29, 1.82) is 0 Å². The Balaban J connectivity index is 2.12. The van der Waals surface area contributed by atoms with Crippen LogP contribution in [-0.2, 0) is 0 Å². The molecule has 0 amide bonds. The first-order chi connectivity index (χ1) is 7.59. The lowest BCUT2D eigenvalue weighted by Crippen LogP contribution is -2.33. The Hall–Kier alpha value is -0.995. The summed E-state index contributed by atoms with van der Waals surface area (Å²) in [5.74, 6) is 0. The summed E-state index contributed by atoms with van der Waals surface area (Å²) in [4.78, 5) is 0. The molecule has 1 aromatic rings. The van der Waals surface area contributed by atoms with Crippen LogP contribution in [-0.4, -0.2) is 22.7 Å². The quantitative estimate of drug-likeness (QED) is 0.667. The molecule has 86 valence electrons. The molecule has 1 aliphatic rings.